The zero-order valence-electron chi connectivity index (χ0n) is 4.09. The van der Waals surface area contributed by atoms with E-state index in [9.17, 15) is 0 Å². The molecule has 4 heteroatoms. The lowest BCUT2D eigenvalue weighted by Crippen LogP contribution is -2.22. The number of rotatable bonds is 2. The Morgan fingerprint density at radius 3 is 2.00 bits per heavy atom. The Morgan fingerprint density at radius 1 is 1.57 bits per heavy atom. The lowest BCUT2D eigenvalue weighted by molar-refractivity contribution is -0.0359. The van der Waals surface area contributed by atoms with Crippen LogP contribution in [0, 0.1) is 0 Å². The number of hydrogen-bond donors (Lipinski definition) is 3. The molecule has 0 heterocycles. The summed E-state index contributed by atoms with van der Waals surface area (Å²) in [5.74, 6) is 0. The third-order valence-electron chi connectivity index (χ3n) is 0.387. The highest BCUT2D eigenvalue weighted by molar-refractivity contribution is 5.85. The molecule has 3 N–H and O–H groups in total. The van der Waals surface area contributed by atoms with E-state index in [0.717, 1.165) is 0 Å². The molecule has 0 amide bonds. The van der Waals surface area contributed by atoms with Crippen LogP contribution in [0.4, 0.5) is 0 Å². The fourth-order valence-corrected chi connectivity index (χ4v) is 0.183. The minimum Gasteiger partial charge on any atom is -0.367 e. The van der Waals surface area contributed by atoms with Crippen LogP contribution in [0.2, 0.25) is 0 Å². The average Bonchev–Trinajstić information content (AvgIpc) is 1.35. The summed E-state index contributed by atoms with van der Waals surface area (Å²) in [6.07, 6.45) is -1.21. The molecule has 0 aromatic heterocycles. The Hall–Kier alpha value is 0.170. The molecule has 0 aliphatic heterocycles. The van der Waals surface area contributed by atoms with Crippen LogP contribution in [-0.2, 0) is 0 Å². The maximum absolute atomic E-state index is 8.05. The van der Waals surface area contributed by atoms with E-state index in [4.69, 9.17) is 10.2 Å². The van der Waals surface area contributed by atoms with Gasteiger partial charge < -0.3 is 15.5 Å². The topological polar surface area (TPSA) is 52.5 Å². The molecule has 7 heavy (non-hydrogen) atoms. The Bertz CT molecular complexity index is 34.1. The maximum atomic E-state index is 8.05. The fraction of sp³-hybridized carbons (Fsp3) is 1.00. The van der Waals surface area contributed by atoms with Gasteiger partial charge in [0, 0.05) is 6.54 Å². The van der Waals surface area contributed by atoms with Crippen molar-refractivity contribution in [2.45, 2.75) is 6.29 Å². The van der Waals surface area contributed by atoms with Gasteiger partial charge in [-0.25, -0.2) is 0 Å². The van der Waals surface area contributed by atoms with Crippen LogP contribution in [0.1, 0.15) is 0 Å². The molecule has 0 aliphatic carbocycles. The molecule has 0 atom stereocenters. The third kappa shape index (κ3) is 10.7. The van der Waals surface area contributed by atoms with Gasteiger partial charge in [0.15, 0.2) is 6.29 Å². The Morgan fingerprint density at radius 2 is 2.00 bits per heavy atom. The normalized spacial score (nSPS) is 8.57. The lowest BCUT2D eigenvalue weighted by Gasteiger charge is -1.97. The molecule has 0 saturated carbocycles. The van der Waals surface area contributed by atoms with Crippen molar-refractivity contribution in [2.75, 3.05) is 13.6 Å². The van der Waals surface area contributed by atoms with Crippen LogP contribution in [0.5, 0.6) is 0 Å². The zero-order chi connectivity index (χ0) is 4.99. The smallest absolute Gasteiger partial charge is 0.164 e. The predicted molar refractivity (Wildman–Crippen MR) is 29.4 cm³/mol. The molecular weight excluding hydrogens is 117 g/mol. The third-order valence-corrected chi connectivity index (χ3v) is 0.387. The Labute approximate surface area is 48.8 Å². The van der Waals surface area contributed by atoms with E-state index in [2.05, 4.69) is 5.32 Å². The molecule has 0 radical (unpaired) electrons. The monoisotopic (exact) mass is 127 g/mol. The quantitative estimate of drug-likeness (QED) is 0.415. The second kappa shape index (κ2) is 6.17. The van der Waals surface area contributed by atoms with Gasteiger partial charge in [-0.1, -0.05) is 0 Å². The van der Waals surface area contributed by atoms with Crippen molar-refractivity contribution < 1.29 is 10.2 Å². The van der Waals surface area contributed by atoms with Crippen LogP contribution in [0.25, 0.3) is 0 Å². The number of halogens is 1. The highest BCUT2D eigenvalue weighted by Crippen LogP contribution is 1.63. The molecule has 0 aromatic carbocycles. The molecular formula is C3H10ClNO2. The van der Waals surface area contributed by atoms with Gasteiger partial charge in [0.05, 0.1) is 0 Å². The number of aliphatic hydroxyl groups excluding tert-OH is 1. The first-order valence-electron chi connectivity index (χ1n) is 1.78. The summed E-state index contributed by atoms with van der Waals surface area (Å²) >= 11 is 0. The van der Waals surface area contributed by atoms with E-state index >= 15 is 0 Å². The van der Waals surface area contributed by atoms with Crippen molar-refractivity contribution in [3.8, 4) is 0 Å². The zero-order valence-corrected chi connectivity index (χ0v) is 4.90. The summed E-state index contributed by atoms with van der Waals surface area (Å²) in [6, 6.07) is 0. The van der Waals surface area contributed by atoms with Crippen LogP contribution in [0.15, 0.2) is 0 Å². The van der Waals surface area contributed by atoms with Gasteiger partial charge in [0.1, 0.15) is 0 Å². The van der Waals surface area contributed by atoms with Gasteiger partial charge in [-0.3, -0.25) is 0 Å². The summed E-state index contributed by atoms with van der Waals surface area (Å²) in [5.41, 5.74) is 0. The van der Waals surface area contributed by atoms with E-state index in [1.165, 1.54) is 0 Å². The van der Waals surface area contributed by atoms with Crippen LogP contribution in [-0.4, -0.2) is 30.1 Å². The van der Waals surface area contributed by atoms with Gasteiger partial charge in [0.25, 0.3) is 0 Å². The van der Waals surface area contributed by atoms with Gasteiger partial charge in [-0.2, -0.15) is 0 Å². The summed E-state index contributed by atoms with van der Waals surface area (Å²) in [6.45, 7) is 0.236. The first-order chi connectivity index (χ1) is 2.77. The van der Waals surface area contributed by atoms with E-state index < -0.39 is 6.29 Å². The average molecular weight is 128 g/mol. The molecule has 0 aromatic rings. The van der Waals surface area contributed by atoms with E-state index in [-0.39, 0.29) is 19.0 Å². The molecule has 0 saturated heterocycles. The minimum absolute atomic E-state index is 0. The van der Waals surface area contributed by atoms with E-state index in [0.29, 0.717) is 0 Å². The van der Waals surface area contributed by atoms with Crippen LogP contribution in [0.3, 0.4) is 0 Å². The Balaban J connectivity index is 0. The molecule has 0 aliphatic rings. The van der Waals surface area contributed by atoms with E-state index in [1.54, 1.807) is 7.05 Å². The van der Waals surface area contributed by atoms with Gasteiger partial charge in [-0.15, -0.1) is 12.4 Å². The molecule has 46 valence electrons. The van der Waals surface area contributed by atoms with E-state index in [1.807, 2.05) is 0 Å². The summed E-state index contributed by atoms with van der Waals surface area (Å²) in [4.78, 5) is 0. The van der Waals surface area contributed by atoms with Crippen molar-refractivity contribution in [1.29, 1.82) is 0 Å². The van der Waals surface area contributed by atoms with Gasteiger partial charge >= 0.3 is 0 Å². The van der Waals surface area contributed by atoms with Gasteiger partial charge in [0.2, 0.25) is 0 Å². The molecule has 0 fully saturated rings. The fourth-order valence-electron chi connectivity index (χ4n) is 0.183. The predicted octanol–water partition coefficient (Wildman–Crippen LogP) is -1.06. The summed E-state index contributed by atoms with van der Waals surface area (Å²) in [5, 5.41) is 18.7. The lowest BCUT2D eigenvalue weighted by atomic mass is 10.6. The number of likely N-dealkylation sites (N-methyl/N-ethyl adjacent to an activating group) is 1. The highest BCUT2D eigenvalue weighted by atomic mass is 35.5. The largest absolute Gasteiger partial charge is 0.367 e. The molecule has 0 spiro atoms. The molecule has 0 rings (SSSR count). The first-order valence-corrected chi connectivity index (χ1v) is 1.78. The number of hydrogen-bond acceptors (Lipinski definition) is 3. The van der Waals surface area contributed by atoms with Crippen molar-refractivity contribution in [2.24, 2.45) is 0 Å². The van der Waals surface area contributed by atoms with Gasteiger partial charge in [-0.05, 0) is 7.05 Å². The number of aliphatic hydroxyl groups is 2. The summed E-state index contributed by atoms with van der Waals surface area (Å²) in [7, 11) is 1.65. The molecule has 0 bridgehead atoms. The SMILES string of the molecule is CNCC(O)O.Cl. The molecule has 3 nitrogen and oxygen atoms in total. The van der Waals surface area contributed by atoms with Crippen LogP contribution >= 0.6 is 12.4 Å². The second-order valence-corrected chi connectivity index (χ2v) is 1.04. The van der Waals surface area contributed by atoms with Crippen LogP contribution < -0.4 is 5.32 Å². The molecule has 0 unspecified atom stereocenters. The van der Waals surface area contributed by atoms with Crippen molar-refractivity contribution in [3.63, 3.8) is 0 Å². The Kier molecular flexibility index (Phi) is 9.00. The number of nitrogens with one attached hydrogen (secondary N) is 1. The second-order valence-electron chi connectivity index (χ2n) is 1.04. The standard InChI is InChI=1S/C3H9NO2.ClH/c1-4-2-3(5)6;/h3-6H,2H2,1H3;1H. The highest BCUT2D eigenvalue weighted by Gasteiger charge is 1.88. The maximum Gasteiger partial charge on any atom is 0.164 e. The first kappa shape index (κ1) is 10.2. The van der Waals surface area contributed by atoms with Crippen molar-refractivity contribution >= 4 is 12.4 Å². The summed E-state index contributed by atoms with van der Waals surface area (Å²) < 4.78 is 0. The van der Waals surface area contributed by atoms with Crippen molar-refractivity contribution in [1.82, 2.24) is 5.32 Å². The minimum atomic E-state index is -1.21. The van der Waals surface area contributed by atoms with Crippen molar-refractivity contribution in [3.05, 3.63) is 0 Å².